The Bertz CT molecular complexity index is 658. The molecule has 23 heavy (non-hydrogen) atoms. The molecule has 0 fully saturated rings. The first-order valence-electron chi connectivity index (χ1n) is 7.24. The molecule has 0 radical (unpaired) electrons. The van der Waals surface area contributed by atoms with E-state index in [4.69, 9.17) is 4.74 Å². The second kappa shape index (κ2) is 8.05. The Morgan fingerprint density at radius 2 is 2.17 bits per heavy atom. The molecule has 0 aliphatic carbocycles. The second-order valence-electron chi connectivity index (χ2n) is 5.44. The van der Waals surface area contributed by atoms with Gasteiger partial charge in [-0.15, -0.1) is 0 Å². The molecule has 0 bridgehead atoms. The molecular weight excluding hydrogens is 314 g/mol. The van der Waals surface area contributed by atoms with E-state index in [0.717, 1.165) is 34.8 Å². The predicted molar refractivity (Wildman–Crippen MR) is 92.1 cm³/mol. The number of hydrogen-bond acceptors (Lipinski definition) is 6. The molecule has 1 atom stereocenters. The maximum atomic E-state index is 10.7. The van der Waals surface area contributed by atoms with Crippen LogP contribution >= 0.6 is 11.3 Å². The topological polar surface area (TPSA) is 67.6 Å². The minimum atomic E-state index is -0.354. The highest BCUT2D eigenvalue weighted by atomic mass is 32.1. The van der Waals surface area contributed by atoms with Gasteiger partial charge in [0, 0.05) is 30.6 Å². The van der Waals surface area contributed by atoms with Crippen molar-refractivity contribution in [3.8, 4) is 5.75 Å². The minimum absolute atomic E-state index is 0.179. The summed E-state index contributed by atoms with van der Waals surface area (Å²) in [6.07, 6.45) is 0. The van der Waals surface area contributed by atoms with Crippen molar-refractivity contribution < 1.29 is 9.66 Å². The van der Waals surface area contributed by atoms with Gasteiger partial charge in [-0.2, -0.15) is 0 Å². The lowest BCUT2D eigenvalue weighted by molar-refractivity contribution is -0.380. The van der Waals surface area contributed by atoms with Crippen molar-refractivity contribution >= 4 is 16.3 Å². The van der Waals surface area contributed by atoms with E-state index >= 15 is 0 Å². The van der Waals surface area contributed by atoms with E-state index in [0.29, 0.717) is 6.54 Å². The van der Waals surface area contributed by atoms with Crippen molar-refractivity contribution in [3.63, 3.8) is 0 Å². The third-order valence-electron chi connectivity index (χ3n) is 3.59. The van der Waals surface area contributed by atoms with Crippen LogP contribution in [-0.2, 0) is 6.54 Å². The summed E-state index contributed by atoms with van der Waals surface area (Å²) >= 11 is 1.16. The van der Waals surface area contributed by atoms with Gasteiger partial charge >= 0.3 is 5.00 Å². The summed E-state index contributed by atoms with van der Waals surface area (Å²) < 4.78 is 5.28. The largest absolute Gasteiger partial charge is 0.497 e. The molecule has 0 spiro atoms. The molecular formula is C16H21N3O3S. The molecule has 2 rings (SSSR count). The zero-order chi connectivity index (χ0) is 16.8. The second-order valence-corrected chi connectivity index (χ2v) is 6.33. The van der Waals surface area contributed by atoms with Crippen molar-refractivity contribution in [2.75, 3.05) is 27.7 Å². The molecule has 6 nitrogen and oxygen atoms in total. The van der Waals surface area contributed by atoms with E-state index in [2.05, 4.69) is 16.3 Å². The molecule has 0 saturated carbocycles. The van der Waals surface area contributed by atoms with Gasteiger partial charge in [-0.05, 0) is 37.4 Å². The fraction of sp³-hybridized carbons (Fsp3) is 0.375. The Kier molecular flexibility index (Phi) is 6.09. The van der Waals surface area contributed by atoms with Crippen LogP contribution in [0.4, 0.5) is 5.00 Å². The lowest BCUT2D eigenvalue weighted by atomic mass is 10.1. The summed E-state index contributed by atoms with van der Waals surface area (Å²) in [5.41, 5.74) is 2.10. The van der Waals surface area contributed by atoms with Crippen molar-refractivity contribution in [3.05, 3.63) is 57.0 Å². The van der Waals surface area contributed by atoms with E-state index in [1.54, 1.807) is 13.2 Å². The van der Waals surface area contributed by atoms with Crippen LogP contribution in [0, 0.1) is 10.1 Å². The number of ether oxygens (including phenoxy) is 1. The Morgan fingerprint density at radius 3 is 2.78 bits per heavy atom. The number of rotatable bonds is 8. The van der Waals surface area contributed by atoms with Gasteiger partial charge < -0.3 is 15.0 Å². The molecule has 0 aliphatic heterocycles. The van der Waals surface area contributed by atoms with Crippen LogP contribution in [0.25, 0.3) is 0 Å². The van der Waals surface area contributed by atoms with Gasteiger partial charge in [0.05, 0.1) is 12.0 Å². The lowest BCUT2D eigenvalue weighted by Crippen LogP contribution is -2.30. The normalized spacial score (nSPS) is 12.3. The predicted octanol–water partition coefficient (Wildman–Crippen LogP) is 3.06. The van der Waals surface area contributed by atoms with Gasteiger partial charge in [0.2, 0.25) is 0 Å². The average Bonchev–Trinajstić information content (AvgIpc) is 3.00. The van der Waals surface area contributed by atoms with Gasteiger partial charge in [0.25, 0.3) is 0 Å². The number of thiophene rings is 1. The van der Waals surface area contributed by atoms with Crippen LogP contribution in [0.1, 0.15) is 17.2 Å². The number of nitrogens with zero attached hydrogens (tertiary/aromatic N) is 2. The zero-order valence-electron chi connectivity index (χ0n) is 13.5. The summed E-state index contributed by atoms with van der Waals surface area (Å²) in [7, 11) is 5.72. The first kappa shape index (κ1) is 17.4. The van der Waals surface area contributed by atoms with Crippen molar-refractivity contribution in [2.45, 2.75) is 12.6 Å². The highest BCUT2D eigenvalue weighted by Crippen LogP contribution is 2.24. The number of nitro groups is 1. The van der Waals surface area contributed by atoms with Gasteiger partial charge in [-0.1, -0.05) is 23.5 Å². The number of nitrogens with one attached hydrogen (secondary N) is 1. The third kappa shape index (κ3) is 4.75. The number of likely N-dealkylation sites (N-methyl/N-ethyl adjacent to an activating group) is 1. The molecule has 1 unspecified atom stereocenters. The van der Waals surface area contributed by atoms with E-state index in [1.807, 2.05) is 37.7 Å². The van der Waals surface area contributed by atoms with Gasteiger partial charge in [0.1, 0.15) is 5.75 Å². The van der Waals surface area contributed by atoms with Gasteiger partial charge in [-0.25, -0.2) is 0 Å². The number of benzene rings is 1. The Labute approximate surface area is 139 Å². The van der Waals surface area contributed by atoms with Crippen molar-refractivity contribution in [1.29, 1.82) is 0 Å². The molecule has 1 aromatic carbocycles. The van der Waals surface area contributed by atoms with Crippen molar-refractivity contribution in [1.82, 2.24) is 10.2 Å². The Morgan fingerprint density at radius 1 is 1.39 bits per heavy atom. The quantitative estimate of drug-likeness (QED) is 0.593. The van der Waals surface area contributed by atoms with Gasteiger partial charge in [0.15, 0.2) is 0 Å². The van der Waals surface area contributed by atoms with E-state index in [9.17, 15) is 10.1 Å². The molecule has 2 aromatic rings. The molecule has 1 N–H and O–H groups in total. The van der Waals surface area contributed by atoms with Crippen LogP contribution < -0.4 is 10.1 Å². The molecule has 7 heteroatoms. The monoisotopic (exact) mass is 335 g/mol. The van der Waals surface area contributed by atoms with Gasteiger partial charge in [-0.3, -0.25) is 10.1 Å². The van der Waals surface area contributed by atoms with Crippen LogP contribution in [0.3, 0.4) is 0 Å². The summed E-state index contributed by atoms with van der Waals surface area (Å²) in [6.45, 7) is 1.35. The average molecular weight is 335 g/mol. The first-order chi connectivity index (χ1) is 11.0. The molecule has 1 heterocycles. The lowest BCUT2D eigenvalue weighted by Gasteiger charge is -2.25. The number of hydrogen-bond donors (Lipinski definition) is 1. The first-order valence-corrected chi connectivity index (χ1v) is 8.12. The SMILES string of the molecule is COc1cccc(C(CNCc2csc([N+](=O)[O-])c2)N(C)C)c1. The van der Waals surface area contributed by atoms with Crippen LogP contribution in [-0.4, -0.2) is 37.6 Å². The standard InChI is InChI=1S/C16H21N3O3S/c1-18(2)15(13-5-4-6-14(8-13)22-3)10-17-9-12-7-16(19(20)21)23-11-12/h4-8,11,15,17H,9-10H2,1-3H3. The van der Waals surface area contributed by atoms with E-state index in [-0.39, 0.29) is 16.0 Å². The molecule has 0 aliphatic rings. The highest BCUT2D eigenvalue weighted by molar-refractivity contribution is 7.13. The molecule has 124 valence electrons. The van der Waals surface area contributed by atoms with Crippen molar-refractivity contribution in [2.24, 2.45) is 0 Å². The molecule has 0 amide bonds. The Hall–Kier alpha value is -1.96. The van der Waals surface area contributed by atoms with E-state index < -0.39 is 0 Å². The summed E-state index contributed by atoms with van der Waals surface area (Å²) in [5.74, 6) is 0.836. The maximum Gasteiger partial charge on any atom is 0.324 e. The fourth-order valence-corrected chi connectivity index (χ4v) is 3.08. The number of methoxy groups -OCH3 is 1. The third-order valence-corrected chi connectivity index (χ3v) is 4.52. The van der Waals surface area contributed by atoms with Crippen LogP contribution in [0.15, 0.2) is 35.7 Å². The zero-order valence-corrected chi connectivity index (χ0v) is 14.3. The molecule has 1 aromatic heterocycles. The smallest absolute Gasteiger partial charge is 0.324 e. The van der Waals surface area contributed by atoms with E-state index in [1.165, 1.54) is 0 Å². The maximum absolute atomic E-state index is 10.7. The molecule has 0 saturated heterocycles. The summed E-state index contributed by atoms with van der Waals surface area (Å²) in [4.78, 5) is 12.5. The van der Waals surface area contributed by atoms with Crippen LogP contribution in [0.5, 0.6) is 5.75 Å². The Balaban J connectivity index is 1.98. The minimum Gasteiger partial charge on any atom is -0.497 e. The summed E-state index contributed by atoms with van der Waals surface area (Å²) in [6, 6.07) is 9.82. The fourth-order valence-electron chi connectivity index (χ4n) is 2.35. The highest BCUT2D eigenvalue weighted by Gasteiger charge is 2.15. The summed E-state index contributed by atoms with van der Waals surface area (Å²) in [5, 5.41) is 16.1. The van der Waals surface area contributed by atoms with Crippen LogP contribution in [0.2, 0.25) is 0 Å².